The maximum Gasteiger partial charge on any atom is 0.328 e. The molecule has 0 spiro atoms. The highest BCUT2D eigenvalue weighted by atomic mass is 16.5. The standard InChI is InChI=1S/C26H27NO5/c1-30-24(21-13-7-4-8-14-21)25(28)27-23(26(29)31-2)17-20-12-9-15-22(16-20)32-18-19-10-5-3-6-11-19/h3-16,23-24H,17-18H2,1-2H3,(H,27,28)/t23-,24-/m0/s1. The van der Waals surface area contributed by atoms with Crippen LogP contribution in [0.25, 0.3) is 0 Å². The molecule has 0 aliphatic rings. The molecule has 6 nitrogen and oxygen atoms in total. The third-order valence-corrected chi connectivity index (χ3v) is 4.96. The highest BCUT2D eigenvalue weighted by Gasteiger charge is 2.27. The van der Waals surface area contributed by atoms with Crippen molar-refractivity contribution < 1.29 is 23.8 Å². The van der Waals surface area contributed by atoms with Crippen molar-refractivity contribution >= 4 is 11.9 Å². The van der Waals surface area contributed by atoms with Gasteiger partial charge in [0.15, 0.2) is 6.10 Å². The Labute approximate surface area is 188 Å². The minimum atomic E-state index is -0.863. The summed E-state index contributed by atoms with van der Waals surface area (Å²) in [7, 11) is 2.75. The third kappa shape index (κ3) is 6.43. The second-order valence-corrected chi connectivity index (χ2v) is 7.24. The molecule has 3 aromatic carbocycles. The lowest BCUT2D eigenvalue weighted by molar-refractivity contribution is -0.146. The number of carbonyl (C=O) groups excluding carboxylic acids is 2. The Morgan fingerprint density at radius 1 is 0.844 bits per heavy atom. The van der Waals surface area contributed by atoms with Crippen LogP contribution in [0.5, 0.6) is 5.75 Å². The molecule has 6 heteroatoms. The van der Waals surface area contributed by atoms with Gasteiger partial charge in [-0.25, -0.2) is 4.79 Å². The average Bonchev–Trinajstić information content (AvgIpc) is 2.84. The summed E-state index contributed by atoms with van der Waals surface area (Å²) in [5.74, 6) is -0.261. The van der Waals surface area contributed by atoms with E-state index < -0.39 is 24.0 Å². The summed E-state index contributed by atoms with van der Waals surface area (Å²) in [4.78, 5) is 25.2. The Bertz CT molecular complexity index is 1010. The van der Waals surface area contributed by atoms with Gasteiger partial charge >= 0.3 is 5.97 Å². The molecule has 0 aliphatic heterocycles. The lowest BCUT2D eigenvalue weighted by atomic mass is 10.0. The van der Waals surface area contributed by atoms with Crippen LogP contribution in [0.15, 0.2) is 84.9 Å². The first-order valence-corrected chi connectivity index (χ1v) is 10.3. The molecule has 0 bridgehead atoms. The number of hydrogen-bond acceptors (Lipinski definition) is 5. The Morgan fingerprint density at radius 2 is 1.50 bits per heavy atom. The fourth-order valence-corrected chi connectivity index (χ4v) is 3.34. The van der Waals surface area contributed by atoms with E-state index in [2.05, 4.69) is 5.32 Å². The topological polar surface area (TPSA) is 73.9 Å². The molecule has 0 radical (unpaired) electrons. The maximum absolute atomic E-state index is 12.9. The van der Waals surface area contributed by atoms with Crippen LogP contribution in [0.3, 0.4) is 0 Å². The van der Waals surface area contributed by atoms with E-state index in [1.54, 1.807) is 12.1 Å². The maximum atomic E-state index is 12.9. The van der Waals surface area contributed by atoms with Gasteiger partial charge in [0.25, 0.3) is 5.91 Å². The summed E-state index contributed by atoms with van der Waals surface area (Å²) in [5.41, 5.74) is 2.59. The van der Waals surface area contributed by atoms with Crippen LogP contribution >= 0.6 is 0 Å². The van der Waals surface area contributed by atoms with E-state index in [9.17, 15) is 9.59 Å². The molecule has 0 fully saturated rings. The number of carbonyl (C=O) groups is 2. The molecule has 2 atom stereocenters. The van der Waals surface area contributed by atoms with Gasteiger partial charge in [-0.1, -0.05) is 72.8 Å². The molecule has 3 rings (SSSR count). The number of hydrogen-bond donors (Lipinski definition) is 1. The van der Waals surface area contributed by atoms with Gasteiger partial charge in [-0.15, -0.1) is 0 Å². The number of rotatable bonds is 10. The van der Waals surface area contributed by atoms with Gasteiger partial charge in [0.2, 0.25) is 0 Å². The Morgan fingerprint density at radius 3 is 2.16 bits per heavy atom. The fourth-order valence-electron chi connectivity index (χ4n) is 3.34. The quantitative estimate of drug-likeness (QED) is 0.492. The Kier molecular flexibility index (Phi) is 8.40. The first kappa shape index (κ1) is 23.0. The number of ether oxygens (including phenoxy) is 3. The first-order chi connectivity index (χ1) is 15.6. The van der Waals surface area contributed by atoms with Crippen molar-refractivity contribution in [2.75, 3.05) is 14.2 Å². The normalized spacial score (nSPS) is 12.4. The molecule has 0 heterocycles. The van der Waals surface area contributed by atoms with Crippen LogP contribution in [0.2, 0.25) is 0 Å². The second-order valence-electron chi connectivity index (χ2n) is 7.24. The van der Waals surface area contributed by atoms with E-state index in [0.29, 0.717) is 17.9 Å². The average molecular weight is 434 g/mol. The largest absolute Gasteiger partial charge is 0.489 e. The third-order valence-electron chi connectivity index (χ3n) is 4.96. The lowest BCUT2D eigenvalue weighted by Gasteiger charge is -2.21. The van der Waals surface area contributed by atoms with Crippen LogP contribution in [0.1, 0.15) is 22.8 Å². The molecule has 1 amide bonds. The van der Waals surface area contributed by atoms with Crippen LogP contribution in [0, 0.1) is 0 Å². The van der Waals surface area contributed by atoms with Crippen LogP contribution in [-0.2, 0) is 32.1 Å². The zero-order chi connectivity index (χ0) is 22.8. The number of nitrogens with one attached hydrogen (secondary N) is 1. The lowest BCUT2D eigenvalue weighted by Crippen LogP contribution is -2.45. The molecule has 1 N–H and O–H groups in total. The summed E-state index contributed by atoms with van der Waals surface area (Å²) in [6.07, 6.45) is -0.574. The first-order valence-electron chi connectivity index (χ1n) is 10.3. The van der Waals surface area contributed by atoms with Crippen LogP contribution < -0.4 is 10.1 Å². The van der Waals surface area contributed by atoms with Crippen molar-refractivity contribution in [2.45, 2.75) is 25.2 Å². The Hall–Kier alpha value is -3.64. The van der Waals surface area contributed by atoms with Gasteiger partial charge in [0.05, 0.1) is 7.11 Å². The molecule has 3 aromatic rings. The molecule has 32 heavy (non-hydrogen) atoms. The molecular weight excluding hydrogens is 406 g/mol. The van der Waals surface area contributed by atoms with Crippen molar-refractivity contribution in [3.05, 3.63) is 102 Å². The van der Waals surface area contributed by atoms with E-state index in [1.165, 1.54) is 14.2 Å². The number of methoxy groups -OCH3 is 2. The van der Waals surface area contributed by atoms with Crippen LogP contribution in [0.4, 0.5) is 0 Å². The predicted octanol–water partition coefficient (Wildman–Crippen LogP) is 3.85. The van der Waals surface area contributed by atoms with Crippen molar-refractivity contribution in [2.24, 2.45) is 0 Å². The SMILES string of the molecule is COC(=O)[C@H](Cc1cccc(OCc2ccccc2)c1)NC(=O)[C@@H](OC)c1ccccc1. The predicted molar refractivity (Wildman–Crippen MR) is 121 cm³/mol. The van der Waals surface area contributed by atoms with Crippen molar-refractivity contribution in [1.29, 1.82) is 0 Å². The number of amides is 1. The monoisotopic (exact) mass is 433 g/mol. The summed E-state index contributed by atoms with van der Waals surface area (Å²) in [5, 5.41) is 2.76. The minimum Gasteiger partial charge on any atom is -0.489 e. The van der Waals surface area contributed by atoms with Gasteiger partial charge in [0.1, 0.15) is 18.4 Å². The number of esters is 1. The highest BCUT2D eigenvalue weighted by Crippen LogP contribution is 2.19. The zero-order valence-electron chi connectivity index (χ0n) is 18.2. The van der Waals surface area contributed by atoms with Gasteiger partial charge in [0, 0.05) is 13.5 Å². The molecule has 0 unspecified atom stereocenters. The smallest absolute Gasteiger partial charge is 0.328 e. The highest BCUT2D eigenvalue weighted by molar-refractivity contribution is 5.87. The summed E-state index contributed by atoms with van der Waals surface area (Å²) in [6.45, 7) is 0.439. The zero-order valence-corrected chi connectivity index (χ0v) is 18.2. The second kappa shape index (κ2) is 11.7. The van der Waals surface area contributed by atoms with Gasteiger partial charge in [-0.2, -0.15) is 0 Å². The number of benzene rings is 3. The van der Waals surface area contributed by atoms with Crippen molar-refractivity contribution in [3.8, 4) is 5.75 Å². The molecular formula is C26H27NO5. The van der Waals surface area contributed by atoms with E-state index in [0.717, 1.165) is 11.1 Å². The summed E-state index contributed by atoms with van der Waals surface area (Å²) >= 11 is 0. The van der Waals surface area contributed by atoms with E-state index in [4.69, 9.17) is 14.2 Å². The van der Waals surface area contributed by atoms with Gasteiger partial charge in [-0.05, 0) is 28.8 Å². The minimum absolute atomic E-state index is 0.256. The van der Waals surface area contributed by atoms with Crippen molar-refractivity contribution in [1.82, 2.24) is 5.32 Å². The van der Waals surface area contributed by atoms with Crippen molar-refractivity contribution in [3.63, 3.8) is 0 Å². The van der Waals surface area contributed by atoms with Crippen LogP contribution in [-0.4, -0.2) is 32.1 Å². The van der Waals surface area contributed by atoms with E-state index >= 15 is 0 Å². The van der Waals surface area contributed by atoms with E-state index in [1.807, 2.05) is 72.8 Å². The summed E-state index contributed by atoms with van der Waals surface area (Å²) < 4.78 is 16.2. The summed E-state index contributed by atoms with van der Waals surface area (Å²) in [6, 6.07) is 25.6. The molecule has 0 aliphatic carbocycles. The molecule has 0 saturated carbocycles. The molecule has 166 valence electrons. The Balaban J connectivity index is 1.69. The molecule has 0 aromatic heterocycles. The van der Waals surface area contributed by atoms with Gasteiger partial charge < -0.3 is 19.5 Å². The molecule has 0 saturated heterocycles. The van der Waals surface area contributed by atoms with Gasteiger partial charge in [-0.3, -0.25) is 4.79 Å². The fraction of sp³-hybridized carbons (Fsp3) is 0.231. The van der Waals surface area contributed by atoms with E-state index in [-0.39, 0.29) is 6.42 Å².